The maximum Gasteiger partial charge on any atom is 0.139 e. The van der Waals surface area contributed by atoms with E-state index in [0.29, 0.717) is 12.4 Å². The lowest BCUT2D eigenvalue weighted by Gasteiger charge is -2.26. The minimum atomic E-state index is -0.546. The normalized spacial score (nSPS) is 20.3. The summed E-state index contributed by atoms with van der Waals surface area (Å²) in [7, 11) is 0. The predicted molar refractivity (Wildman–Crippen MR) is 67.7 cm³/mol. The van der Waals surface area contributed by atoms with Gasteiger partial charge in [0.2, 0.25) is 0 Å². The van der Waals surface area contributed by atoms with Crippen LogP contribution in [0.25, 0.3) is 0 Å². The van der Waals surface area contributed by atoms with E-state index >= 15 is 0 Å². The summed E-state index contributed by atoms with van der Waals surface area (Å²) in [5.74, 6) is 0.542. The number of nitrogens with one attached hydrogen (secondary N) is 1. The van der Waals surface area contributed by atoms with Gasteiger partial charge < -0.3 is 16.2 Å². The third-order valence-corrected chi connectivity index (χ3v) is 3.92. The smallest absolute Gasteiger partial charge is 0.139 e. The molecule has 1 aromatic rings. The maximum absolute atomic E-state index is 10.4. The molecule has 0 amide bonds. The predicted octanol–water partition coefficient (Wildman–Crippen LogP) is 2.22. The van der Waals surface area contributed by atoms with Gasteiger partial charge in [-0.15, -0.1) is 0 Å². The molecule has 1 fully saturated rings. The Kier molecular flexibility index (Phi) is 3.66. The third-order valence-electron chi connectivity index (χ3n) is 3.15. The quantitative estimate of drug-likeness (QED) is 0.710. The second-order valence-corrected chi connectivity index (χ2v) is 5.41. The van der Waals surface area contributed by atoms with E-state index in [9.17, 15) is 5.11 Å². The monoisotopic (exact) mass is 241 g/mol. The summed E-state index contributed by atoms with van der Waals surface area (Å²) in [5.41, 5.74) is 5.00. The molecular weight excluding hydrogens is 222 g/mol. The molecule has 1 heterocycles. The van der Waals surface area contributed by atoms with Gasteiger partial charge in [-0.25, -0.2) is 0 Å². The van der Waals surface area contributed by atoms with Crippen LogP contribution in [0.2, 0.25) is 0 Å². The molecule has 4 nitrogen and oxygen atoms in total. The van der Waals surface area contributed by atoms with Gasteiger partial charge in [0, 0.05) is 12.6 Å². The van der Waals surface area contributed by atoms with Crippen molar-refractivity contribution in [2.24, 2.45) is 0 Å². The summed E-state index contributed by atoms with van der Waals surface area (Å²) in [4.78, 5) is 0. The van der Waals surface area contributed by atoms with Crippen molar-refractivity contribution in [2.75, 3.05) is 17.6 Å². The number of nitrogens with two attached hydrogens (primary N) is 1. The first kappa shape index (κ1) is 11.7. The topological polar surface area (TPSA) is 71.2 Å². The number of aliphatic hydroxyl groups is 1. The van der Waals surface area contributed by atoms with Crippen molar-refractivity contribution in [1.29, 1.82) is 0 Å². The zero-order chi connectivity index (χ0) is 11.4. The summed E-state index contributed by atoms with van der Waals surface area (Å²) < 4.78 is 4.00. The first-order valence-electron chi connectivity index (χ1n) is 5.86. The molecule has 0 aromatic carbocycles. The molecular formula is C11H19N3OS. The number of nitrogen functional groups attached to an aromatic ring is 1. The molecule has 2 rings (SSSR count). The zero-order valence-corrected chi connectivity index (χ0v) is 10.2. The highest BCUT2D eigenvalue weighted by atomic mass is 32.1. The molecule has 1 aliphatic rings. The second-order valence-electron chi connectivity index (χ2n) is 4.61. The Bertz CT molecular complexity index is 332. The van der Waals surface area contributed by atoms with Gasteiger partial charge in [-0.05, 0) is 24.4 Å². The SMILES string of the molecule is Nc1cc(NCC2(O)CCCCCC2)sn1. The highest BCUT2D eigenvalue weighted by Crippen LogP contribution is 2.28. The second kappa shape index (κ2) is 5.01. The number of nitrogens with zero attached hydrogens (tertiary/aromatic N) is 1. The van der Waals surface area contributed by atoms with Gasteiger partial charge in [-0.1, -0.05) is 25.7 Å². The number of hydrogen-bond donors (Lipinski definition) is 3. The van der Waals surface area contributed by atoms with Crippen molar-refractivity contribution in [2.45, 2.75) is 44.1 Å². The van der Waals surface area contributed by atoms with Crippen LogP contribution in [0, 0.1) is 0 Å². The molecule has 0 unspecified atom stereocenters. The minimum absolute atomic E-state index is 0.542. The molecule has 1 aliphatic carbocycles. The van der Waals surface area contributed by atoms with E-state index in [1.165, 1.54) is 24.4 Å². The number of anilines is 2. The Morgan fingerprint density at radius 3 is 2.62 bits per heavy atom. The largest absolute Gasteiger partial charge is 0.388 e. The Morgan fingerprint density at radius 1 is 1.38 bits per heavy atom. The molecule has 0 saturated heterocycles. The van der Waals surface area contributed by atoms with Gasteiger partial charge in [-0.3, -0.25) is 0 Å². The third kappa shape index (κ3) is 3.09. The van der Waals surface area contributed by atoms with Crippen molar-refractivity contribution in [1.82, 2.24) is 4.37 Å². The standard InChI is InChI=1S/C11H19N3OS/c12-9-7-10(16-14-9)13-8-11(15)5-3-1-2-4-6-11/h7,13,15H,1-6,8H2,(H2,12,14). The van der Waals surface area contributed by atoms with Crippen molar-refractivity contribution in [3.8, 4) is 0 Å². The van der Waals surface area contributed by atoms with E-state index in [2.05, 4.69) is 9.69 Å². The van der Waals surface area contributed by atoms with Crippen LogP contribution in [0.5, 0.6) is 0 Å². The van der Waals surface area contributed by atoms with Gasteiger partial charge in [0.15, 0.2) is 0 Å². The fraction of sp³-hybridized carbons (Fsp3) is 0.727. The number of aromatic nitrogens is 1. The molecule has 0 atom stereocenters. The average molecular weight is 241 g/mol. The molecule has 5 heteroatoms. The van der Waals surface area contributed by atoms with E-state index in [0.717, 1.165) is 30.7 Å². The molecule has 4 N–H and O–H groups in total. The Hall–Kier alpha value is -0.810. The van der Waals surface area contributed by atoms with E-state index in [1.54, 1.807) is 0 Å². The lowest BCUT2D eigenvalue weighted by atomic mass is 9.94. The van der Waals surface area contributed by atoms with Crippen LogP contribution >= 0.6 is 11.5 Å². The summed E-state index contributed by atoms with van der Waals surface area (Å²) in [6.07, 6.45) is 6.54. The van der Waals surface area contributed by atoms with Crippen LogP contribution in [0.4, 0.5) is 10.8 Å². The summed E-state index contributed by atoms with van der Waals surface area (Å²) >= 11 is 1.34. The molecule has 0 bridgehead atoms. The van der Waals surface area contributed by atoms with Crippen molar-refractivity contribution >= 4 is 22.4 Å². The van der Waals surface area contributed by atoms with Crippen LogP contribution in [0.3, 0.4) is 0 Å². The first-order valence-corrected chi connectivity index (χ1v) is 6.64. The van der Waals surface area contributed by atoms with Gasteiger partial charge in [0.1, 0.15) is 10.8 Å². The maximum atomic E-state index is 10.4. The highest BCUT2D eigenvalue weighted by Gasteiger charge is 2.27. The van der Waals surface area contributed by atoms with Gasteiger partial charge in [-0.2, -0.15) is 4.37 Å². The molecule has 0 aliphatic heterocycles. The van der Waals surface area contributed by atoms with Gasteiger partial charge >= 0.3 is 0 Å². The average Bonchev–Trinajstić information content (AvgIpc) is 2.54. The van der Waals surface area contributed by atoms with E-state index < -0.39 is 5.60 Å². The first-order chi connectivity index (χ1) is 7.68. The van der Waals surface area contributed by atoms with Gasteiger partial charge in [0.05, 0.1) is 5.60 Å². The van der Waals surface area contributed by atoms with E-state index in [1.807, 2.05) is 6.07 Å². The van der Waals surface area contributed by atoms with Crippen LogP contribution in [-0.4, -0.2) is 21.6 Å². The molecule has 1 aromatic heterocycles. The lowest BCUT2D eigenvalue weighted by Crippen LogP contribution is -2.36. The fourth-order valence-corrected chi connectivity index (χ4v) is 2.75. The molecule has 0 radical (unpaired) electrons. The van der Waals surface area contributed by atoms with Gasteiger partial charge in [0.25, 0.3) is 0 Å². The fourth-order valence-electron chi connectivity index (χ4n) is 2.19. The van der Waals surface area contributed by atoms with E-state index in [-0.39, 0.29) is 0 Å². The van der Waals surface area contributed by atoms with Crippen molar-refractivity contribution in [3.05, 3.63) is 6.07 Å². The summed E-state index contributed by atoms with van der Waals surface area (Å²) in [6.45, 7) is 0.606. The molecule has 16 heavy (non-hydrogen) atoms. The molecule has 1 saturated carbocycles. The van der Waals surface area contributed by atoms with Crippen LogP contribution in [0.15, 0.2) is 6.07 Å². The Morgan fingerprint density at radius 2 is 2.06 bits per heavy atom. The Balaban J connectivity index is 1.87. The van der Waals surface area contributed by atoms with E-state index in [4.69, 9.17) is 5.73 Å². The number of rotatable bonds is 3. The summed E-state index contributed by atoms with van der Waals surface area (Å²) in [6, 6.07) is 1.81. The Labute approximate surface area is 100 Å². The molecule has 90 valence electrons. The number of hydrogen-bond acceptors (Lipinski definition) is 5. The van der Waals surface area contributed by atoms with Crippen molar-refractivity contribution in [3.63, 3.8) is 0 Å². The van der Waals surface area contributed by atoms with Crippen LogP contribution in [-0.2, 0) is 0 Å². The van der Waals surface area contributed by atoms with Crippen LogP contribution in [0.1, 0.15) is 38.5 Å². The molecule has 0 spiro atoms. The summed E-state index contributed by atoms with van der Waals surface area (Å²) in [5, 5.41) is 14.6. The zero-order valence-electron chi connectivity index (χ0n) is 9.41. The van der Waals surface area contributed by atoms with Crippen molar-refractivity contribution < 1.29 is 5.11 Å². The lowest BCUT2D eigenvalue weighted by molar-refractivity contribution is 0.0382. The highest BCUT2D eigenvalue weighted by molar-refractivity contribution is 7.10. The minimum Gasteiger partial charge on any atom is -0.388 e. The van der Waals surface area contributed by atoms with Crippen LogP contribution < -0.4 is 11.1 Å².